The van der Waals surface area contributed by atoms with E-state index in [9.17, 15) is 13.6 Å². The van der Waals surface area contributed by atoms with Gasteiger partial charge < -0.3 is 4.74 Å². The van der Waals surface area contributed by atoms with E-state index < -0.39 is 11.9 Å². The normalized spacial score (nSPS) is 11.3. The van der Waals surface area contributed by atoms with E-state index >= 15 is 0 Å². The summed E-state index contributed by atoms with van der Waals surface area (Å²) < 4.78 is 28.7. The first-order chi connectivity index (χ1) is 4.92. The molecule has 0 bridgehead atoms. The van der Waals surface area contributed by atoms with Gasteiger partial charge in [-0.1, -0.05) is 0 Å². The average molecular weight is 166 g/mol. The fourth-order valence-electron chi connectivity index (χ4n) is 0.598. The summed E-state index contributed by atoms with van der Waals surface area (Å²) in [5.74, 6) is -3.08. The molecule has 0 fully saturated rings. The number of halogens is 2. The number of hydrogen-bond donors (Lipinski definition) is 0. The van der Waals surface area contributed by atoms with Crippen LogP contribution < -0.4 is 0 Å². The molecule has 0 amide bonds. The van der Waals surface area contributed by atoms with Crippen LogP contribution in [0.4, 0.5) is 8.78 Å². The Bertz CT molecular complexity index is 129. The highest BCUT2D eigenvalue weighted by atomic mass is 19.3. The predicted molar refractivity (Wildman–Crippen MR) is 36.5 cm³/mol. The second-order valence-corrected chi connectivity index (χ2v) is 2.51. The smallest absolute Gasteiger partial charge is 0.302 e. The fraction of sp³-hybridized carbons (Fsp3) is 0.857. The number of hydrogen-bond acceptors (Lipinski definition) is 2. The zero-order valence-corrected chi connectivity index (χ0v) is 6.69. The summed E-state index contributed by atoms with van der Waals surface area (Å²) in [4.78, 5) is 10.2. The van der Waals surface area contributed by atoms with E-state index in [-0.39, 0.29) is 19.4 Å². The van der Waals surface area contributed by atoms with Crippen LogP contribution in [0.15, 0.2) is 0 Å². The molecule has 0 aromatic carbocycles. The molecule has 66 valence electrons. The van der Waals surface area contributed by atoms with Crippen LogP contribution in [0, 0.1) is 0 Å². The van der Waals surface area contributed by atoms with E-state index in [4.69, 9.17) is 0 Å². The van der Waals surface area contributed by atoms with E-state index in [0.29, 0.717) is 0 Å². The minimum atomic E-state index is -2.65. The monoisotopic (exact) mass is 166 g/mol. The summed E-state index contributed by atoms with van der Waals surface area (Å²) in [6.45, 7) is 2.18. The first-order valence-electron chi connectivity index (χ1n) is 3.43. The molecule has 0 saturated heterocycles. The highest BCUT2D eigenvalue weighted by molar-refractivity contribution is 5.65. The number of carbonyl (C=O) groups excluding carboxylic acids is 1. The van der Waals surface area contributed by atoms with Crippen molar-refractivity contribution in [2.75, 3.05) is 6.61 Å². The van der Waals surface area contributed by atoms with Crippen molar-refractivity contribution in [2.45, 2.75) is 32.6 Å². The molecule has 0 aromatic heterocycles. The SMILES string of the molecule is CC(=O)OCCCC(C)(F)F. The Labute approximate surface area is 64.5 Å². The average Bonchev–Trinajstić information content (AvgIpc) is 1.78. The van der Waals surface area contributed by atoms with Gasteiger partial charge in [0.2, 0.25) is 5.92 Å². The topological polar surface area (TPSA) is 26.3 Å². The predicted octanol–water partition coefficient (Wildman–Crippen LogP) is 1.98. The second-order valence-electron chi connectivity index (χ2n) is 2.51. The number of rotatable bonds is 4. The molecule has 0 aliphatic rings. The third-order valence-electron chi connectivity index (χ3n) is 1.07. The molecular formula is C7H12F2O2. The van der Waals surface area contributed by atoms with Crippen LogP contribution in [-0.2, 0) is 9.53 Å². The summed E-state index contributed by atoms with van der Waals surface area (Å²) in [6, 6.07) is 0. The lowest BCUT2D eigenvalue weighted by Gasteiger charge is -2.08. The standard InChI is InChI=1S/C7H12F2O2/c1-6(10)11-5-3-4-7(2,8)9/h3-5H2,1-2H3. The van der Waals surface area contributed by atoms with Gasteiger partial charge in [0, 0.05) is 13.3 Å². The van der Waals surface area contributed by atoms with Gasteiger partial charge in [-0.25, -0.2) is 8.78 Å². The first-order valence-corrected chi connectivity index (χ1v) is 3.43. The van der Waals surface area contributed by atoms with Crippen LogP contribution in [0.25, 0.3) is 0 Å². The van der Waals surface area contributed by atoms with E-state index in [1.165, 1.54) is 6.92 Å². The zero-order chi connectivity index (χ0) is 8.91. The van der Waals surface area contributed by atoms with Crippen LogP contribution in [-0.4, -0.2) is 18.5 Å². The molecule has 0 aliphatic carbocycles. The van der Waals surface area contributed by atoms with Crippen LogP contribution in [0.1, 0.15) is 26.7 Å². The molecule has 0 spiro atoms. The third kappa shape index (κ3) is 9.33. The molecule has 0 aromatic rings. The van der Waals surface area contributed by atoms with Crippen molar-refractivity contribution in [3.05, 3.63) is 0 Å². The van der Waals surface area contributed by atoms with Gasteiger partial charge >= 0.3 is 5.97 Å². The van der Waals surface area contributed by atoms with Crippen LogP contribution >= 0.6 is 0 Å². The maximum Gasteiger partial charge on any atom is 0.302 e. The third-order valence-corrected chi connectivity index (χ3v) is 1.07. The van der Waals surface area contributed by atoms with Crippen molar-refractivity contribution in [3.63, 3.8) is 0 Å². The van der Waals surface area contributed by atoms with Gasteiger partial charge in [0.1, 0.15) is 0 Å². The largest absolute Gasteiger partial charge is 0.466 e. The van der Waals surface area contributed by atoms with Crippen LogP contribution in [0.2, 0.25) is 0 Å². The number of carbonyl (C=O) groups is 1. The maximum absolute atomic E-state index is 12.1. The van der Waals surface area contributed by atoms with Gasteiger partial charge in [-0.2, -0.15) is 0 Å². The Morgan fingerprint density at radius 3 is 2.45 bits per heavy atom. The molecule has 0 saturated carbocycles. The van der Waals surface area contributed by atoms with Crippen LogP contribution in [0.5, 0.6) is 0 Å². The van der Waals surface area contributed by atoms with Gasteiger partial charge in [0.25, 0.3) is 0 Å². The van der Waals surface area contributed by atoms with Crippen molar-refractivity contribution in [2.24, 2.45) is 0 Å². The molecule has 0 rings (SSSR count). The van der Waals surface area contributed by atoms with Gasteiger partial charge in [-0.05, 0) is 13.3 Å². The molecule has 0 aliphatic heterocycles. The van der Waals surface area contributed by atoms with E-state index in [2.05, 4.69) is 4.74 Å². The van der Waals surface area contributed by atoms with Crippen molar-refractivity contribution < 1.29 is 18.3 Å². The number of ether oxygens (including phenoxy) is 1. The maximum atomic E-state index is 12.1. The van der Waals surface area contributed by atoms with Crippen LogP contribution in [0.3, 0.4) is 0 Å². The Morgan fingerprint density at radius 2 is 2.09 bits per heavy atom. The zero-order valence-electron chi connectivity index (χ0n) is 6.69. The number of esters is 1. The first kappa shape index (κ1) is 10.3. The lowest BCUT2D eigenvalue weighted by atomic mass is 10.2. The summed E-state index contributed by atoms with van der Waals surface area (Å²) >= 11 is 0. The molecule has 0 radical (unpaired) electrons. The summed E-state index contributed by atoms with van der Waals surface area (Å²) in [7, 11) is 0. The summed E-state index contributed by atoms with van der Waals surface area (Å²) in [5, 5.41) is 0. The molecule has 11 heavy (non-hydrogen) atoms. The molecule has 0 N–H and O–H groups in total. The summed E-state index contributed by atoms with van der Waals surface area (Å²) in [6.07, 6.45) is -0.0244. The minimum Gasteiger partial charge on any atom is -0.466 e. The lowest BCUT2D eigenvalue weighted by Crippen LogP contribution is -2.11. The van der Waals surface area contributed by atoms with Crippen molar-refractivity contribution in [3.8, 4) is 0 Å². The lowest BCUT2D eigenvalue weighted by molar-refractivity contribution is -0.141. The second kappa shape index (κ2) is 4.26. The Hall–Kier alpha value is -0.670. The highest BCUT2D eigenvalue weighted by Crippen LogP contribution is 2.18. The van der Waals surface area contributed by atoms with Crippen molar-refractivity contribution in [1.29, 1.82) is 0 Å². The molecule has 0 atom stereocenters. The molecule has 4 heteroatoms. The Balaban J connectivity index is 3.22. The van der Waals surface area contributed by atoms with E-state index in [0.717, 1.165) is 6.92 Å². The van der Waals surface area contributed by atoms with Gasteiger partial charge in [-0.15, -0.1) is 0 Å². The molecule has 0 heterocycles. The van der Waals surface area contributed by atoms with Gasteiger partial charge in [-0.3, -0.25) is 4.79 Å². The van der Waals surface area contributed by atoms with Crippen molar-refractivity contribution in [1.82, 2.24) is 0 Å². The van der Waals surface area contributed by atoms with E-state index in [1.807, 2.05) is 0 Å². The number of alkyl halides is 2. The van der Waals surface area contributed by atoms with Gasteiger partial charge in [0.05, 0.1) is 6.61 Å². The van der Waals surface area contributed by atoms with Crippen molar-refractivity contribution >= 4 is 5.97 Å². The Kier molecular flexibility index (Phi) is 4.00. The molecule has 2 nitrogen and oxygen atoms in total. The van der Waals surface area contributed by atoms with Gasteiger partial charge in [0.15, 0.2) is 0 Å². The van der Waals surface area contributed by atoms with E-state index in [1.54, 1.807) is 0 Å². The minimum absolute atomic E-state index is 0.0821. The Morgan fingerprint density at radius 1 is 1.55 bits per heavy atom. The molecular weight excluding hydrogens is 154 g/mol. The fourth-order valence-corrected chi connectivity index (χ4v) is 0.598. The summed E-state index contributed by atoms with van der Waals surface area (Å²) in [5.41, 5.74) is 0. The quantitative estimate of drug-likeness (QED) is 0.471. The molecule has 0 unspecified atom stereocenters. The highest BCUT2D eigenvalue weighted by Gasteiger charge is 2.19.